The van der Waals surface area contributed by atoms with Gasteiger partial charge in [0.15, 0.2) is 0 Å². The predicted octanol–water partition coefficient (Wildman–Crippen LogP) is 4.55. The van der Waals surface area contributed by atoms with Crippen molar-refractivity contribution in [3.8, 4) is 11.1 Å². The smallest absolute Gasteiger partial charge is 0.321 e. The molecule has 0 bridgehead atoms. The Kier molecular flexibility index (Phi) is 5.67. The van der Waals surface area contributed by atoms with Crippen molar-refractivity contribution in [2.75, 3.05) is 11.9 Å². The van der Waals surface area contributed by atoms with Crippen LogP contribution in [0, 0.1) is 0 Å². The summed E-state index contributed by atoms with van der Waals surface area (Å²) in [5.74, 6) is -1.52. The highest BCUT2D eigenvalue weighted by molar-refractivity contribution is 6.23. The first-order valence-corrected chi connectivity index (χ1v) is 10.2. The molecule has 34 heavy (non-hydrogen) atoms. The summed E-state index contributed by atoms with van der Waals surface area (Å²) in [7, 11) is 0. The number of aromatic nitrogens is 1. The van der Waals surface area contributed by atoms with Gasteiger partial charge in [0.1, 0.15) is 11.3 Å². The lowest BCUT2D eigenvalue weighted by molar-refractivity contribution is -0.141. The van der Waals surface area contributed by atoms with Gasteiger partial charge in [-0.1, -0.05) is 6.07 Å². The Hall–Kier alpha value is -3.41. The zero-order valence-electron chi connectivity index (χ0n) is 17.6. The molecular formula is C22H18F6N4O2. The molecule has 1 aromatic heterocycles. The normalized spacial score (nSPS) is 21.0. The molecule has 3 heterocycles. The lowest BCUT2D eigenvalue weighted by Gasteiger charge is -2.37. The van der Waals surface area contributed by atoms with Crippen LogP contribution in [-0.4, -0.2) is 33.9 Å². The minimum Gasteiger partial charge on any atom is -0.321 e. The Bertz CT molecular complexity index is 1170. The summed E-state index contributed by atoms with van der Waals surface area (Å²) >= 11 is 0. The number of rotatable bonds is 3. The van der Waals surface area contributed by atoms with Gasteiger partial charge in [-0.25, -0.2) is 5.01 Å². The van der Waals surface area contributed by atoms with Gasteiger partial charge in [0, 0.05) is 29.6 Å². The fourth-order valence-corrected chi connectivity index (χ4v) is 4.03. The number of carbonyl (C=O) groups is 2. The third kappa shape index (κ3) is 4.49. The van der Waals surface area contributed by atoms with E-state index in [0.717, 1.165) is 30.8 Å². The van der Waals surface area contributed by atoms with Crippen molar-refractivity contribution in [2.24, 2.45) is 0 Å². The maximum atomic E-state index is 13.3. The van der Waals surface area contributed by atoms with E-state index >= 15 is 0 Å². The molecule has 2 aromatic rings. The molecular weight excluding hydrogens is 466 g/mol. The molecule has 1 fully saturated rings. The average molecular weight is 484 g/mol. The zero-order chi connectivity index (χ0) is 24.9. The van der Waals surface area contributed by atoms with Gasteiger partial charge in [-0.05, 0) is 50.1 Å². The fourth-order valence-electron chi connectivity index (χ4n) is 4.03. The summed E-state index contributed by atoms with van der Waals surface area (Å²) in [4.78, 5) is 28.6. The Balaban J connectivity index is 1.71. The van der Waals surface area contributed by atoms with Crippen molar-refractivity contribution in [3.63, 3.8) is 0 Å². The summed E-state index contributed by atoms with van der Waals surface area (Å²) in [5, 5.41) is 4.14. The number of hydrogen-bond acceptors (Lipinski definition) is 4. The number of pyridine rings is 1. The van der Waals surface area contributed by atoms with Crippen LogP contribution in [0.3, 0.4) is 0 Å². The number of carbonyl (C=O) groups excluding carboxylic acids is 2. The molecule has 0 spiro atoms. The standard InChI is InChI=1S/C22H18F6N4O2/c1-20-7-2-8-32(20)31-19(34)15(10-20)18(33)30-16-5-4-13(21(23,24)25)9-14(16)12-3-6-17(29-11-12)22(26,27)28/h3-6,9-11H,2,7-8H2,1H3,(H,30,33)(H,31,34). The Labute approximate surface area is 189 Å². The van der Waals surface area contributed by atoms with E-state index < -0.39 is 41.0 Å². The molecule has 2 aliphatic rings. The number of nitrogens with zero attached hydrogens (tertiary/aromatic N) is 2. The number of benzene rings is 1. The molecule has 0 aliphatic carbocycles. The topological polar surface area (TPSA) is 74.3 Å². The van der Waals surface area contributed by atoms with Crippen LogP contribution in [0.15, 0.2) is 48.2 Å². The molecule has 1 saturated heterocycles. The molecule has 0 radical (unpaired) electrons. The average Bonchev–Trinajstić information content (AvgIpc) is 3.12. The van der Waals surface area contributed by atoms with Gasteiger partial charge >= 0.3 is 12.4 Å². The van der Waals surface area contributed by atoms with Gasteiger partial charge < -0.3 is 5.32 Å². The molecule has 4 rings (SSSR count). The second-order valence-electron chi connectivity index (χ2n) is 8.25. The first-order chi connectivity index (χ1) is 15.8. The number of halogens is 6. The van der Waals surface area contributed by atoms with Crippen LogP contribution >= 0.6 is 0 Å². The second-order valence-corrected chi connectivity index (χ2v) is 8.25. The Morgan fingerprint density at radius 3 is 2.47 bits per heavy atom. The van der Waals surface area contributed by atoms with E-state index in [2.05, 4.69) is 15.7 Å². The maximum Gasteiger partial charge on any atom is 0.433 e. The monoisotopic (exact) mass is 484 g/mol. The van der Waals surface area contributed by atoms with E-state index in [-0.39, 0.29) is 22.4 Å². The first kappa shape index (κ1) is 23.7. The summed E-state index contributed by atoms with van der Waals surface area (Å²) in [5.41, 5.74) is -0.839. The third-order valence-corrected chi connectivity index (χ3v) is 5.82. The summed E-state index contributed by atoms with van der Waals surface area (Å²) < 4.78 is 78.4. The van der Waals surface area contributed by atoms with Crippen molar-refractivity contribution < 1.29 is 35.9 Å². The van der Waals surface area contributed by atoms with Crippen molar-refractivity contribution >= 4 is 17.5 Å². The van der Waals surface area contributed by atoms with Crippen LogP contribution in [0.25, 0.3) is 11.1 Å². The quantitative estimate of drug-likeness (QED) is 0.495. The number of nitrogens with one attached hydrogen (secondary N) is 2. The van der Waals surface area contributed by atoms with Crippen LogP contribution in [0.5, 0.6) is 0 Å². The molecule has 6 nitrogen and oxygen atoms in total. The molecule has 2 aliphatic heterocycles. The number of alkyl halides is 6. The number of fused-ring (bicyclic) bond motifs is 1. The van der Waals surface area contributed by atoms with Crippen LogP contribution in [0.2, 0.25) is 0 Å². The lowest BCUT2D eigenvalue weighted by atomic mass is 9.94. The fraction of sp³-hybridized carbons (Fsp3) is 0.318. The summed E-state index contributed by atoms with van der Waals surface area (Å²) in [6.45, 7) is 2.45. The van der Waals surface area contributed by atoms with Crippen molar-refractivity contribution in [3.05, 3.63) is 59.4 Å². The zero-order valence-corrected chi connectivity index (χ0v) is 17.6. The second kappa shape index (κ2) is 8.12. The largest absolute Gasteiger partial charge is 0.433 e. The van der Waals surface area contributed by atoms with Gasteiger partial charge in [-0.2, -0.15) is 26.3 Å². The van der Waals surface area contributed by atoms with Crippen molar-refractivity contribution in [2.45, 2.75) is 37.7 Å². The van der Waals surface area contributed by atoms with Gasteiger partial charge in [-0.3, -0.25) is 20.0 Å². The molecule has 12 heteroatoms. The highest BCUT2D eigenvalue weighted by atomic mass is 19.4. The van der Waals surface area contributed by atoms with Gasteiger partial charge in [-0.15, -0.1) is 0 Å². The molecule has 1 atom stereocenters. The highest BCUT2D eigenvalue weighted by Gasteiger charge is 2.42. The Morgan fingerprint density at radius 2 is 1.85 bits per heavy atom. The lowest BCUT2D eigenvalue weighted by Crippen LogP contribution is -2.56. The minimum absolute atomic E-state index is 0.0783. The van der Waals surface area contributed by atoms with Crippen molar-refractivity contribution in [1.29, 1.82) is 0 Å². The number of hydrogen-bond donors (Lipinski definition) is 2. The number of amides is 2. The van der Waals surface area contributed by atoms with Crippen LogP contribution in [-0.2, 0) is 21.9 Å². The number of anilines is 1. The van der Waals surface area contributed by atoms with E-state index in [9.17, 15) is 35.9 Å². The van der Waals surface area contributed by atoms with Crippen LogP contribution < -0.4 is 10.7 Å². The molecule has 1 aromatic carbocycles. The van der Waals surface area contributed by atoms with E-state index in [0.29, 0.717) is 25.1 Å². The summed E-state index contributed by atoms with van der Waals surface area (Å²) in [6.07, 6.45) is -5.69. The SMILES string of the molecule is CC12C=C(C(=O)Nc3ccc(C(F)(F)F)cc3-c3ccc(C(F)(F)F)nc3)C(=O)NN1CCC2. The third-order valence-electron chi connectivity index (χ3n) is 5.82. The van der Waals surface area contributed by atoms with E-state index in [1.165, 1.54) is 6.08 Å². The Morgan fingerprint density at radius 1 is 1.12 bits per heavy atom. The van der Waals surface area contributed by atoms with Gasteiger partial charge in [0.2, 0.25) is 0 Å². The maximum absolute atomic E-state index is 13.3. The van der Waals surface area contributed by atoms with E-state index in [4.69, 9.17) is 0 Å². The van der Waals surface area contributed by atoms with Crippen molar-refractivity contribution in [1.82, 2.24) is 15.4 Å². The van der Waals surface area contributed by atoms with E-state index in [1.807, 2.05) is 6.92 Å². The number of hydrazine groups is 1. The minimum atomic E-state index is -4.73. The van der Waals surface area contributed by atoms with Gasteiger partial charge in [0.05, 0.1) is 11.1 Å². The summed E-state index contributed by atoms with van der Waals surface area (Å²) in [6, 6.07) is 4.01. The van der Waals surface area contributed by atoms with E-state index in [1.54, 1.807) is 5.01 Å². The molecule has 2 N–H and O–H groups in total. The van der Waals surface area contributed by atoms with Gasteiger partial charge in [0.25, 0.3) is 11.8 Å². The molecule has 180 valence electrons. The predicted molar refractivity (Wildman–Crippen MR) is 109 cm³/mol. The highest BCUT2D eigenvalue weighted by Crippen LogP contribution is 2.38. The van der Waals surface area contributed by atoms with Crippen LogP contribution in [0.1, 0.15) is 31.0 Å². The van der Waals surface area contributed by atoms with Crippen LogP contribution in [0.4, 0.5) is 32.0 Å². The molecule has 2 amide bonds. The molecule has 1 unspecified atom stereocenters. The first-order valence-electron chi connectivity index (χ1n) is 10.2. The molecule has 0 saturated carbocycles.